The molecular weight excluding hydrogens is 298 g/mol. The second-order valence-corrected chi connectivity index (χ2v) is 6.22. The molecule has 0 aromatic rings. The van der Waals surface area contributed by atoms with Gasteiger partial charge >= 0.3 is 6.09 Å². The highest BCUT2D eigenvalue weighted by atomic mass is 32.2. The van der Waals surface area contributed by atoms with E-state index in [-0.39, 0.29) is 6.54 Å². The minimum atomic E-state index is -0.807. The Kier molecular flexibility index (Phi) is 8.79. The highest BCUT2D eigenvalue weighted by Gasteiger charge is 2.24. The largest absolute Gasteiger partial charge is 0.444 e. The second-order valence-electron chi connectivity index (χ2n) is 5.23. The van der Waals surface area contributed by atoms with E-state index in [4.69, 9.17) is 9.94 Å². The average Bonchev–Trinajstić information content (AvgIpc) is 2.38. The van der Waals surface area contributed by atoms with Crippen LogP contribution in [0.4, 0.5) is 4.79 Å². The van der Waals surface area contributed by atoms with Crippen molar-refractivity contribution in [1.29, 1.82) is 0 Å². The maximum absolute atomic E-state index is 11.9. The molecule has 0 unspecified atom stereocenters. The Bertz CT molecular complexity index is 370. The molecule has 21 heavy (non-hydrogen) atoms. The lowest BCUT2D eigenvalue weighted by Gasteiger charge is -2.23. The molecule has 3 amide bonds. The zero-order valence-corrected chi connectivity index (χ0v) is 13.5. The van der Waals surface area contributed by atoms with E-state index >= 15 is 0 Å². The van der Waals surface area contributed by atoms with Crippen molar-refractivity contribution in [2.24, 2.45) is 0 Å². The fourth-order valence-electron chi connectivity index (χ4n) is 1.28. The normalized spacial score (nSPS) is 12.2. The monoisotopic (exact) mass is 321 g/mol. The van der Waals surface area contributed by atoms with Crippen molar-refractivity contribution in [3.8, 4) is 0 Å². The number of amides is 3. The third-order valence-electron chi connectivity index (χ3n) is 2.17. The number of hydrogen-bond acceptors (Lipinski definition) is 6. The van der Waals surface area contributed by atoms with Gasteiger partial charge in [-0.25, -0.2) is 10.3 Å². The van der Waals surface area contributed by atoms with Gasteiger partial charge < -0.3 is 15.4 Å². The molecule has 0 aliphatic carbocycles. The number of hydroxylamine groups is 1. The van der Waals surface area contributed by atoms with Crippen LogP contribution in [0.25, 0.3) is 0 Å². The highest BCUT2D eigenvalue weighted by molar-refractivity contribution is 7.98. The number of hydrogen-bond donors (Lipinski definition) is 4. The van der Waals surface area contributed by atoms with E-state index in [0.717, 1.165) is 0 Å². The first kappa shape index (κ1) is 19.5. The van der Waals surface area contributed by atoms with Gasteiger partial charge in [0.05, 0.1) is 6.54 Å². The van der Waals surface area contributed by atoms with E-state index in [1.807, 2.05) is 6.26 Å². The van der Waals surface area contributed by atoms with Crippen molar-refractivity contribution in [3.63, 3.8) is 0 Å². The van der Waals surface area contributed by atoms with E-state index in [1.165, 1.54) is 17.2 Å². The molecule has 0 fully saturated rings. The van der Waals surface area contributed by atoms with Crippen LogP contribution in [0.15, 0.2) is 0 Å². The summed E-state index contributed by atoms with van der Waals surface area (Å²) in [6.45, 7) is 4.78. The maximum atomic E-state index is 11.9. The second kappa shape index (κ2) is 9.46. The lowest BCUT2D eigenvalue weighted by molar-refractivity contribution is -0.131. The predicted molar refractivity (Wildman–Crippen MR) is 79.1 cm³/mol. The molecule has 0 heterocycles. The highest BCUT2D eigenvalue weighted by Crippen LogP contribution is 2.08. The fourth-order valence-corrected chi connectivity index (χ4v) is 1.76. The van der Waals surface area contributed by atoms with E-state index in [0.29, 0.717) is 12.2 Å². The van der Waals surface area contributed by atoms with Crippen molar-refractivity contribution < 1.29 is 24.3 Å². The van der Waals surface area contributed by atoms with E-state index in [1.54, 1.807) is 20.8 Å². The van der Waals surface area contributed by atoms with Crippen LogP contribution in [-0.4, -0.2) is 53.3 Å². The van der Waals surface area contributed by atoms with E-state index < -0.39 is 29.6 Å². The van der Waals surface area contributed by atoms with Gasteiger partial charge in [0.15, 0.2) is 0 Å². The van der Waals surface area contributed by atoms with Gasteiger partial charge in [0, 0.05) is 0 Å². The van der Waals surface area contributed by atoms with Crippen LogP contribution in [0.1, 0.15) is 27.2 Å². The average molecular weight is 321 g/mol. The van der Waals surface area contributed by atoms with Crippen LogP contribution < -0.4 is 16.1 Å². The van der Waals surface area contributed by atoms with Crippen LogP contribution in [0.5, 0.6) is 0 Å². The summed E-state index contributed by atoms with van der Waals surface area (Å²) in [4.78, 5) is 34.5. The summed E-state index contributed by atoms with van der Waals surface area (Å²) in [6.07, 6.45) is 1.57. The van der Waals surface area contributed by atoms with Crippen molar-refractivity contribution >= 4 is 29.7 Å². The Labute approximate surface area is 128 Å². The molecule has 0 aliphatic heterocycles. The van der Waals surface area contributed by atoms with Crippen molar-refractivity contribution in [2.75, 3.05) is 18.6 Å². The molecule has 1 atom stereocenters. The standard InChI is InChI=1S/C12H23N3O5S/c1-12(2,3)20-11(18)14-8(5-6-21-4)10(17)13-7-9(16)15-19/h8,19H,5-7H2,1-4H3,(H,13,17)(H,14,18)(H,15,16)/t8-/m0/s1. The van der Waals surface area contributed by atoms with Crippen LogP contribution in [-0.2, 0) is 14.3 Å². The number of carbonyl (C=O) groups excluding carboxylic acids is 3. The zero-order valence-electron chi connectivity index (χ0n) is 12.7. The fraction of sp³-hybridized carbons (Fsp3) is 0.750. The summed E-state index contributed by atoms with van der Waals surface area (Å²) >= 11 is 1.53. The Balaban J connectivity index is 4.52. The first-order chi connectivity index (χ1) is 9.69. The lowest BCUT2D eigenvalue weighted by atomic mass is 10.2. The molecule has 4 N–H and O–H groups in total. The third-order valence-corrected chi connectivity index (χ3v) is 2.81. The number of ether oxygens (including phenoxy) is 1. The number of carbonyl (C=O) groups is 3. The summed E-state index contributed by atoms with van der Waals surface area (Å²) in [5.74, 6) is -0.608. The summed E-state index contributed by atoms with van der Waals surface area (Å²) in [6, 6.07) is -0.807. The van der Waals surface area contributed by atoms with Crippen molar-refractivity contribution in [1.82, 2.24) is 16.1 Å². The Morgan fingerprint density at radius 2 is 1.90 bits per heavy atom. The lowest BCUT2D eigenvalue weighted by Crippen LogP contribution is -2.50. The van der Waals surface area contributed by atoms with Gasteiger partial charge in [-0.3, -0.25) is 14.8 Å². The number of thioether (sulfide) groups is 1. The topological polar surface area (TPSA) is 117 Å². The van der Waals surface area contributed by atoms with Gasteiger partial charge in [0.1, 0.15) is 11.6 Å². The molecule has 8 nitrogen and oxygen atoms in total. The molecule has 9 heteroatoms. The van der Waals surface area contributed by atoms with E-state index in [2.05, 4.69) is 10.6 Å². The Hall–Kier alpha value is -1.48. The Morgan fingerprint density at radius 1 is 1.29 bits per heavy atom. The van der Waals surface area contributed by atoms with Gasteiger partial charge in [-0.2, -0.15) is 11.8 Å². The zero-order chi connectivity index (χ0) is 16.5. The maximum Gasteiger partial charge on any atom is 0.408 e. The number of rotatable bonds is 7. The molecule has 0 aromatic heterocycles. The molecule has 0 aromatic carbocycles. The number of alkyl carbamates (subject to hydrolysis) is 1. The van der Waals surface area contributed by atoms with Gasteiger partial charge in [0.2, 0.25) is 5.91 Å². The first-order valence-electron chi connectivity index (χ1n) is 6.38. The van der Waals surface area contributed by atoms with Crippen LogP contribution >= 0.6 is 11.8 Å². The molecule has 0 bridgehead atoms. The smallest absolute Gasteiger partial charge is 0.408 e. The van der Waals surface area contributed by atoms with Gasteiger partial charge in [-0.05, 0) is 39.2 Å². The molecule has 0 radical (unpaired) electrons. The van der Waals surface area contributed by atoms with E-state index in [9.17, 15) is 14.4 Å². The molecule has 0 rings (SSSR count). The third kappa shape index (κ3) is 9.97. The van der Waals surface area contributed by atoms with Crippen LogP contribution in [0.2, 0.25) is 0 Å². The number of nitrogens with one attached hydrogen (secondary N) is 3. The summed E-state index contributed by atoms with van der Waals surface area (Å²) in [5, 5.41) is 13.1. The van der Waals surface area contributed by atoms with Gasteiger partial charge in [0.25, 0.3) is 5.91 Å². The molecule has 0 saturated heterocycles. The van der Waals surface area contributed by atoms with Gasteiger partial charge in [-0.1, -0.05) is 0 Å². The first-order valence-corrected chi connectivity index (χ1v) is 7.78. The molecule has 122 valence electrons. The SMILES string of the molecule is CSCC[C@H](NC(=O)OC(C)(C)C)C(=O)NCC(=O)NO. The molecular formula is C12H23N3O5S. The molecule has 0 saturated carbocycles. The Morgan fingerprint density at radius 3 is 2.38 bits per heavy atom. The quantitative estimate of drug-likeness (QED) is 0.395. The molecule has 0 spiro atoms. The summed E-state index contributed by atoms with van der Waals surface area (Å²) in [7, 11) is 0. The van der Waals surface area contributed by atoms with Crippen molar-refractivity contribution in [2.45, 2.75) is 38.8 Å². The predicted octanol–water partition coefficient (Wildman–Crippen LogP) is 0.254. The van der Waals surface area contributed by atoms with Crippen molar-refractivity contribution in [3.05, 3.63) is 0 Å². The minimum Gasteiger partial charge on any atom is -0.444 e. The minimum absolute atomic E-state index is 0.374. The summed E-state index contributed by atoms with van der Waals surface area (Å²) in [5.41, 5.74) is 0.739. The van der Waals surface area contributed by atoms with Gasteiger partial charge in [-0.15, -0.1) is 0 Å². The van der Waals surface area contributed by atoms with Crippen LogP contribution in [0, 0.1) is 0 Å². The molecule has 0 aliphatic rings. The summed E-state index contributed by atoms with van der Waals surface area (Å²) < 4.78 is 5.09. The van der Waals surface area contributed by atoms with Crippen LogP contribution in [0.3, 0.4) is 0 Å².